The van der Waals surface area contributed by atoms with E-state index in [4.69, 9.17) is 9.47 Å². The van der Waals surface area contributed by atoms with E-state index in [9.17, 15) is 19.5 Å². The summed E-state index contributed by atoms with van der Waals surface area (Å²) in [5.41, 5.74) is 1.83. The quantitative estimate of drug-likeness (QED) is 0.357. The summed E-state index contributed by atoms with van der Waals surface area (Å²) in [5, 5.41) is 13.7. The normalized spacial score (nSPS) is 30.4. The van der Waals surface area contributed by atoms with Gasteiger partial charge in [-0.2, -0.15) is 0 Å². The van der Waals surface area contributed by atoms with Crippen molar-refractivity contribution >= 4 is 29.4 Å². The molecule has 254 valence electrons. The summed E-state index contributed by atoms with van der Waals surface area (Å²) in [6, 6.07) is 12.6. The van der Waals surface area contributed by atoms with E-state index in [2.05, 4.69) is 5.32 Å². The highest BCUT2D eigenvalue weighted by molar-refractivity contribution is 6.06. The number of aliphatic hydroxyl groups is 1. The molecule has 48 heavy (non-hydrogen) atoms. The minimum atomic E-state index is -1.41. The fraction of sp³-hybridized carbons (Fsp3) is 0.474. The summed E-state index contributed by atoms with van der Waals surface area (Å²) < 4.78 is 12.3. The van der Waals surface area contributed by atoms with E-state index >= 15 is 4.79 Å². The first-order valence-corrected chi connectivity index (χ1v) is 16.9. The Morgan fingerprint density at radius 2 is 1.71 bits per heavy atom. The molecule has 0 saturated carbocycles. The molecule has 0 aliphatic carbocycles. The zero-order valence-electron chi connectivity index (χ0n) is 28.0. The number of esters is 1. The summed E-state index contributed by atoms with van der Waals surface area (Å²) in [6.45, 7) is 7.65. The molecule has 4 aliphatic heterocycles. The van der Waals surface area contributed by atoms with Gasteiger partial charge in [-0.05, 0) is 49.3 Å². The SMILES string of the molecule is Cc1cccc(C)c1N1C/C=C\CCC(=O)OC[C@@H](c2ccccc2)NC(=O)[C@@H]2[C@@H]3C=C[C@]4(O3)[C@H](C1=O)N([C@@H](CO)CC(C)C)C(=O)[C@@H]24. The number of hydrogen-bond donors (Lipinski definition) is 2. The molecule has 3 amide bonds. The van der Waals surface area contributed by atoms with Crippen LogP contribution in [0.4, 0.5) is 5.69 Å². The van der Waals surface area contributed by atoms with Crippen LogP contribution >= 0.6 is 0 Å². The summed E-state index contributed by atoms with van der Waals surface area (Å²) in [4.78, 5) is 60.2. The third kappa shape index (κ3) is 5.96. The van der Waals surface area contributed by atoms with Crippen molar-refractivity contribution < 1.29 is 33.8 Å². The molecule has 6 rings (SSSR count). The van der Waals surface area contributed by atoms with Crippen LogP contribution in [0.3, 0.4) is 0 Å². The predicted octanol–water partition coefficient (Wildman–Crippen LogP) is 3.94. The van der Waals surface area contributed by atoms with Crippen LogP contribution < -0.4 is 10.2 Å². The Hall–Kier alpha value is -4.28. The average molecular weight is 656 g/mol. The van der Waals surface area contributed by atoms with Crippen LogP contribution in [-0.2, 0) is 28.7 Å². The summed E-state index contributed by atoms with van der Waals surface area (Å²) >= 11 is 0. The molecule has 7 atom stereocenters. The number of ether oxygens (including phenoxy) is 2. The molecule has 0 aromatic heterocycles. The van der Waals surface area contributed by atoms with E-state index in [1.54, 1.807) is 17.1 Å². The number of cyclic esters (lactones) is 1. The van der Waals surface area contributed by atoms with Crippen LogP contribution in [0.5, 0.6) is 0 Å². The van der Waals surface area contributed by atoms with E-state index in [0.29, 0.717) is 12.8 Å². The van der Waals surface area contributed by atoms with Crippen molar-refractivity contribution in [3.8, 4) is 0 Å². The average Bonchev–Trinajstić information content (AvgIpc) is 3.71. The second-order valence-electron chi connectivity index (χ2n) is 13.8. The Balaban J connectivity index is 1.48. The highest BCUT2D eigenvalue weighted by Crippen LogP contribution is 2.56. The van der Waals surface area contributed by atoms with E-state index in [0.717, 1.165) is 22.4 Å². The number of allylic oxidation sites excluding steroid dienone is 1. The number of aliphatic hydroxyl groups excluding tert-OH is 1. The molecule has 1 spiro atoms. The number of fused-ring (bicyclic) bond motifs is 2. The molecule has 2 saturated heterocycles. The van der Waals surface area contributed by atoms with Crippen molar-refractivity contribution in [2.75, 3.05) is 24.7 Å². The Morgan fingerprint density at radius 3 is 2.40 bits per heavy atom. The van der Waals surface area contributed by atoms with E-state index in [-0.39, 0.29) is 43.9 Å². The molecule has 2 N–H and O–H groups in total. The number of para-hydroxylation sites is 1. The van der Waals surface area contributed by atoms with Crippen molar-refractivity contribution in [2.24, 2.45) is 17.8 Å². The zero-order chi connectivity index (χ0) is 34.2. The van der Waals surface area contributed by atoms with E-state index < -0.39 is 53.5 Å². The van der Waals surface area contributed by atoms with Crippen LogP contribution in [0, 0.1) is 31.6 Å². The van der Waals surface area contributed by atoms with Crippen LogP contribution in [0.15, 0.2) is 72.8 Å². The van der Waals surface area contributed by atoms with Gasteiger partial charge in [0.25, 0.3) is 5.91 Å². The number of rotatable bonds is 6. The first-order valence-electron chi connectivity index (χ1n) is 16.9. The molecule has 0 unspecified atom stereocenters. The minimum Gasteiger partial charge on any atom is -0.463 e. The van der Waals surface area contributed by atoms with Gasteiger partial charge >= 0.3 is 5.97 Å². The predicted molar refractivity (Wildman–Crippen MR) is 180 cm³/mol. The third-order valence-electron chi connectivity index (χ3n) is 10.1. The van der Waals surface area contributed by atoms with Gasteiger partial charge in [0, 0.05) is 18.7 Å². The fourth-order valence-corrected chi connectivity index (χ4v) is 7.99. The molecule has 10 heteroatoms. The van der Waals surface area contributed by atoms with Gasteiger partial charge in [-0.1, -0.05) is 86.7 Å². The van der Waals surface area contributed by atoms with E-state index in [1.807, 2.05) is 88.4 Å². The van der Waals surface area contributed by atoms with Gasteiger partial charge in [0.1, 0.15) is 18.2 Å². The monoisotopic (exact) mass is 655 g/mol. The van der Waals surface area contributed by atoms with Crippen molar-refractivity contribution in [1.82, 2.24) is 10.2 Å². The largest absolute Gasteiger partial charge is 0.463 e. The smallest absolute Gasteiger partial charge is 0.306 e. The highest BCUT2D eigenvalue weighted by atomic mass is 16.5. The maximum Gasteiger partial charge on any atom is 0.306 e. The summed E-state index contributed by atoms with van der Waals surface area (Å²) in [6.07, 6.45) is 7.53. The van der Waals surface area contributed by atoms with Crippen molar-refractivity contribution in [3.63, 3.8) is 0 Å². The summed E-state index contributed by atoms with van der Waals surface area (Å²) in [7, 11) is 0. The first-order chi connectivity index (χ1) is 23.1. The number of anilines is 1. The van der Waals surface area contributed by atoms with Gasteiger partial charge in [-0.15, -0.1) is 0 Å². The molecule has 10 nitrogen and oxygen atoms in total. The highest BCUT2D eigenvalue weighted by Gasteiger charge is 2.74. The number of nitrogens with zero attached hydrogens (tertiary/aromatic N) is 2. The topological polar surface area (TPSA) is 125 Å². The number of nitrogens with one attached hydrogen (secondary N) is 1. The molecule has 0 radical (unpaired) electrons. The molecule has 5 bridgehead atoms. The van der Waals surface area contributed by atoms with Gasteiger partial charge in [0.2, 0.25) is 11.8 Å². The number of aryl methyl sites for hydroxylation is 2. The standard InChI is InChI=1S/C38H45N3O7/c1-23(2)20-27(21-42)41-34-37(46)40(33-24(3)12-11-13-25(33)4)19-10-6-9-16-30(43)47-22-28(26-14-7-5-8-15-26)39-35(44)31-29-17-18-38(34,48-29)32(31)36(41)45/h5-8,10-15,17-18,23,27-29,31-32,34,42H,9,16,19-22H2,1-4H3,(H,39,44)/b10-6-/t27-,28+,29+,31-,32-,34+,38-/m1/s1. The molecule has 4 aliphatic rings. The van der Waals surface area contributed by atoms with E-state index in [1.165, 1.54) is 4.90 Å². The van der Waals surface area contributed by atoms with Crippen LogP contribution in [-0.4, -0.2) is 77.2 Å². The Kier molecular flexibility index (Phi) is 9.58. The van der Waals surface area contributed by atoms with Crippen LogP contribution in [0.25, 0.3) is 0 Å². The summed E-state index contributed by atoms with van der Waals surface area (Å²) in [5.74, 6) is -3.39. The number of carbonyl (C=O) groups excluding carboxylic acids is 4. The second-order valence-corrected chi connectivity index (χ2v) is 13.8. The van der Waals surface area contributed by atoms with Gasteiger partial charge in [0.05, 0.1) is 36.6 Å². The van der Waals surface area contributed by atoms with Crippen molar-refractivity contribution in [3.05, 3.63) is 89.5 Å². The maximum atomic E-state index is 15.2. The molecule has 2 aromatic rings. The third-order valence-corrected chi connectivity index (χ3v) is 10.1. The van der Waals surface area contributed by atoms with Crippen molar-refractivity contribution in [1.29, 1.82) is 0 Å². The second kappa shape index (κ2) is 13.7. The molecule has 4 heterocycles. The molecular weight excluding hydrogens is 610 g/mol. The Labute approximate surface area is 281 Å². The zero-order valence-corrected chi connectivity index (χ0v) is 28.0. The van der Waals surface area contributed by atoms with Gasteiger partial charge < -0.3 is 29.7 Å². The lowest BCUT2D eigenvalue weighted by Gasteiger charge is -2.39. The molecular formula is C38H45N3O7. The number of hydrogen-bond acceptors (Lipinski definition) is 7. The van der Waals surface area contributed by atoms with Crippen LogP contribution in [0.2, 0.25) is 0 Å². The number of likely N-dealkylation sites (tertiary alicyclic amines) is 1. The number of benzene rings is 2. The maximum absolute atomic E-state index is 15.2. The van der Waals surface area contributed by atoms with Crippen LogP contribution in [0.1, 0.15) is 55.8 Å². The number of carbonyl (C=O) groups is 4. The Morgan fingerprint density at radius 1 is 0.979 bits per heavy atom. The first kappa shape index (κ1) is 33.6. The fourth-order valence-electron chi connectivity index (χ4n) is 7.99. The number of amides is 3. The van der Waals surface area contributed by atoms with Crippen molar-refractivity contribution in [2.45, 2.75) is 76.8 Å². The van der Waals surface area contributed by atoms with Gasteiger partial charge in [-0.3, -0.25) is 19.2 Å². The van der Waals surface area contributed by atoms with Gasteiger partial charge in [-0.25, -0.2) is 0 Å². The van der Waals surface area contributed by atoms with Gasteiger partial charge in [0.15, 0.2) is 0 Å². The Bertz CT molecular complexity index is 1600. The minimum absolute atomic E-state index is 0.0787. The molecule has 2 aromatic carbocycles. The lowest BCUT2D eigenvalue weighted by Crippen LogP contribution is -2.59. The molecule has 2 fully saturated rings. The lowest BCUT2D eigenvalue weighted by atomic mass is 9.74. The lowest BCUT2D eigenvalue weighted by molar-refractivity contribution is -0.146.